The zero-order valence-corrected chi connectivity index (χ0v) is 22.1. The molecule has 2 rings (SSSR count). The number of guanidine groups is 1. The van der Waals surface area contributed by atoms with Gasteiger partial charge in [-0.3, -0.25) is 29.0 Å². The molecule has 40 heavy (non-hydrogen) atoms. The van der Waals surface area contributed by atoms with Gasteiger partial charge in [-0.1, -0.05) is 0 Å². The van der Waals surface area contributed by atoms with Crippen LogP contribution in [0.15, 0.2) is 4.99 Å². The SMILES string of the molecule is NC(=O)C[C@H](NC(=O)[C@H](CCCN=C(N)N)NC(=O)[C@H](CO)NC(=O)[C@@H]1CCCN1C(=O)[C@@H]1CCCN1)C(=O)O. The highest BCUT2D eigenvalue weighted by molar-refractivity contribution is 5.96. The number of nitrogens with one attached hydrogen (secondary N) is 4. The topological polar surface area (TPSA) is 285 Å². The van der Waals surface area contributed by atoms with Gasteiger partial charge in [-0.15, -0.1) is 0 Å². The zero-order valence-electron chi connectivity index (χ0n) is 22.1. The highest BCUT2D eigenvalue weighted by Gasteiger charge is 2.39. The molecule has 2 fully saturated rings. The van der Waals surface area contributed by atoms with E-state index in [1.54, 1.807) is 0 Å². The molecule has 0 radical (unpaired) electrons. The number of nitrogens with zero attached hydrogens (tertiary/aromatic N) is 2. The number of aliphatic hydroxyl groups is 1. The number of aliphatic imine (C=N–C) groups is 1. The quantitative estimate of drug-likeness (QED) is 0.0512. The predicted molar refractivity (Wildman–Crippen MR) is 140 cm³/mol. The number of primary amides is 1. The van der Waals surface area contributed by atoms with Crippen LogP contribution in [0.3, 0.4) is 0 Å². The highest BCUT2D eigenvalue weighted by Crippen LogP contribution is 2.21. The maximum atomic E-state index is 13.0. The number of likely N-dealkylation sites (tertiary alicyclic amines) is 1. The number of carbonyl (C=O) groups excluding carboxylic acids is 5. The van der Waals surface area contributed by atoms with Crippen LogP contribution in [0.1, 0.15) is 44.9 Å². The number of carboxylic acid groups (broad SMARTS) is 1. The molecule has 5 amide bonds. The molecule has 0 aromatic rings. The normalized spacial score (nSPS) is 20.6. The fraction of sp³-hybridized carbons (Fsp3) is 0.696. The number of carbonyl (C=O) groups is 6. The Hall–Kier alpha value is -3.99. The van der Waals surface area contributed by atoms with Gasteiger partial charge in [0, 0.05) is 13.1 Å². The van der Waals surface area contributed by atoms with E-state index in [1.165, 1.54) is 4.90 Å². The van der Waals surface area contributed by atoms with Gasteiger partial charge in [0.2, 0.25) is 29.5 Å². The summed E-state index contributed by atoms with van der Waals surface area (Å²) in [4.78, 5) is 79.6. The van der Waals surface area contributed by atoms with Gasteiger partial charge in [0.1, 0.15) is 24.2 Å². The third-order valence-electron chi connectivity index (χ3n) is 6.61. The second-order valence-corrected chi connectivity index (χ2v) is 9.66. The molecular weight excluding hydrogens is 530 g/mol. The molecule has 2 heterocycles. The Morgan fingerprint density at radius 1 is 0.950 bits per heavy atom. The van der Waals surface area contributed by atoms with Crippen molar-refractivity contribution in [1.29, 1.82) is 0 Å². The van der Waals surface area contributed by atoms with E-state index in [9.17, 15) is 39.0 Å². The van der Waals surface area contributed by atoms with Crippen LogP contribution in [0.5, 0.6) is 0 Å². The fourth-order valence-corrected chi connectivity index (χ4v) is 4.58. The molecule has 0 aromatic heterocycles. The Bertz CT molecular complexity index is 981. The van der Waals surface area contributed by atoms with Crippen molar-refractivity contribution in [2.75, 3.05) is 26.2 Å². The standard InChI is InChI=1S/C23H39N9O8/c24-17(34)10-14(22(39)40)30-18(35)12(4-1-8-28-23(25)26)29-19(36)15(11-33)31-20(37)16-6-3-9-32(16)21(38)13-5-2-7-27-13/h12-16,27,33H,1-11H2,(H2,24,34)(H,29,36)(H,30,35)(H,31,37)(H,39,40)(H4,25,26,28)/t12-,13-,14-,15-,16-/m0/s1. The second-order valence-electron chi connectivity index (χ2n) is 9.66. The summed E-state index contributed by atoms with van der Waals surface area (Å²) in [5.74, 6) is -5.35. The molecule has 224 valence electrons. The molecule has 0 spiro atoms. The van der Waals surface area contributed by atoms with Crippen molar-refractivity contribution in [2.24, 2.45) is 22.2 Å². The predicted octanol–water partition coefficient (Wildman–Crippen LogP) is -4.81. The molecule has 0 aliphatic carbocycles. The first-order valence-corrected chi connectivity index (χ1v) is 13.1. The van der Waals surface area contributed by atoms with Gasteiger partial charge < -0.3 is 53.6 Å². The molecule has 12 N–H and O–H groups in total. The summed E-state index contributed by atoms with van der Waals surface area (Å²) in [5.41, 5.74) is 15.6. The molecule has 0 aromatic carbocycles. The van der Waals surface area contributed by atoms with Crippen LogP contribution in [0, 0.1) is 0 Å². The maximum absolute atomic E-state index is 13.0. The molecule has 0 bridgehead atoms. The zero-order chi connectivity index (χ0) is 29.8. The Kier molecular flexibility index (Phi) is 12.5. The Morgan fingerprint density at radius 2 is 1.62 bits per heavy atom. The second kappa shape index (κ2) is 15.6. The summed E-state index contributed by atoms with van der Waals surface area (Å²) < 4.78 is 0. The van der Waals surface area contributed by atoms with Gasteiger partial charge >= 0.3 is 5.97 Å². The fourth-order valence-electron chi connectivity index (χ4n) is 4.58. The number of aliphatic carboxylic acids is 1. The van der Waals surface area contributed by atoms with E-state index in [2.05, 4.69) is 26.3 Å². The van der Waals surface area contributed by atoms with Crippen LogP contribution in [0.25, 0.3) is 0 Å². The Morgan fingerprint density at radius 3 is 2.20 bits per heavy atom. The Balaban J connectivity index is 2.08. The number of nitrogens with two attached hydrogens (primary N) is 3. The van der Waals surface area contributed by atoms with Crippen molar-refractivity contribution >= 4 is 41.5 Å². The summed E-state index contributed by atoms with van der Waals surface area (Å²) in [7, 11) is 0. The lowest BCUT2D eigenvalue weighted by Gasteiger charge is -2.28. The van der Waals surface area contributed by atoms with Crippen molar-refractivity contribution in [3.8, 4) is 0 Å². The summed E-state index contributed by atoms with van der Waals surface area (Å²) in [6.45, 7) is 0.376. The monoisotopic (exact) mass is 569 g/mol. The van der Waals surface area contributed by atoms with Crippen LogP contribution >= 0.6 is 0 Å². The first kappa shape index (κ1) is 32.2. The lowest BCUT2D eigenvalue weighted by Crippen LogP contribution is -2.59. The van der Waals surface area contributed by atoms with Crippen LogP contribution in [0.4, 0.5) is 0 Å². The van der Waals surface area contributed by atoms with Crippen LogP contribution < -0.4 is 38.5 Å². The van der Waals surface area contributed by atoms with E-state index >= 15 is 0 Å². The number of carboxylic acids is 1. The molecular formula is C23H39N9O8. The van der Waals surface area contributed by atoms with Crippen molar-refractivity contribution in [3.63, 3.8) is 0 Å². The number of hydrogen-bond acceptors (Lipinski definition) is 9. The summed E-state index contributed by atoms with van der Waals surface area (Å²) in [6, 6.07) is -5.63. The van der Waals surface area contributed by atoms with Gasteiger partial charge in [0.15, 0.2) is 5.96 Å². The molecule has 17 nitrogen and oxygen atoms in total. The number of rotatable bonds is 15. The lowest BCUT2D eigenvalue weighted by molar-refractivity contribution is -0.144. The molecule has 0 saturated carbocycles. The minimum Gasteiger partial charge on any atom is -0.480 e. The van der Waals surface area contributed by atoms with Crippen LogP contribution in [-0.4, -0.2) is 113 Å². The largest absolute Gasteiger partial charge is 0.480 e. The van der Waals surface area contributed by atoms with Gasteiger partial charge in [-0.05, 0) is 45.1 Å². The molecule has 2 aliphatic rings. The molecule has 17 heteroatoms. The average molecular weight is 570 g/mol. The first-order chi connectivity index (χ1) is 18.9. The number of amides is 5. The molecule has 2 aliphatic heterocycles. The third kappa shape index (κ3) is 9.64. The van der Waals surface area contributed by atoms with Crippen molar-refractivity contribution < 1.29 is 39.0 Å². The van der Waals surface area contributed by atoms with E-state index in [4.69, 9.17) is 17.2 Å². The third-order valence-corrected chi connectivity index (χ3v) is 6.61. The van der Waals surface area contributed by atoms with Crippen LogP contribution in [-0.2, 0) is 28.8 Å². The van der Waals surface area contributed by atoms with Gasteiger partial charge in [0.25, 0.3) is 0 Å². The molecule has 0 unspecified atom stereocenters. The summed E-state index contributed by atoms with van der Waals surface area (Å²) in [5, 5.41) is 29.2. The average Bonchev–Trinajstić information content (AvgIpc) is 3.60. The van der Waals surface area contributed by atoms with Crippen molar-refractivity contribution in [3.05, 3.63) is 0 Å². The van der Waals surface area contributed by atoms with Gasteiger partial charge in [-0.2, -0.15) is 0 Å². The van der Waals surface area contributed by atoms with E-state index in [-0.39, 0.29) is 37.3 Å². The number of hydrogen-bond donors (Lipinski definition) is 9. The Labute approximate surface area is 230 Å². The van der Waals surface area contributed by atoms with E-state index in [0.29, 0.717) is 32.4 Å². The summed E-state index contributed by atoms with van der Waals surface area (Å²) in [6.07, 6.45) is 1.95. The van der Waals surface area contributed by atoms with Crippen LogP contribution in [0.2, 0.25) is 0 Å². The minimum absolute atomic E-state index is 0.0529. The van der Waals surface area contributed by atoms with E-state index in [1.807, 2.05) is 0 Å². The lowest BCUT2D eigenvalue weighted by atomic mass is 10.1. The number of aliphatic hydroxyl groups excluding tert-OH is 1. The maximum Gasteiger partial charge on any atom is 0.326 e. The van der Waals surface area contributed by atoms with E-state index < -0.39 is 66.8 Å². The smallest absolute Gasteiger partial charge is 0.326 e. The molecule has 5 atom stereocenters. The highest BCUT2D eigenvalue weighted by atomic mass is 16.4. The first-order valence-electron chi connectivity index (χ1n) is 13.1. The molecule has 2 saturated heterocycles. The van der Waals surface area contributed by atoms with E-state index in [0.717, 1.165) is 6.42 Å². The van der Waals surface area contributed by atoms with Gasteiger partial charge in [0.05, 0.1) is 19.1 Å². The minimum atomic E-state index is -1.64. The van der Waals surface area contributed by atoms with Crippen molar-refractivity contribution in [1.82, 2.24) is 26.2 Å². The van der Waals surface area contributed by atoms with Crippen molar-refractivity contribution in [2.45, 2.75) is 75.2 Å². The van der Waals surface area contributed by atoms with Gasteiger partial charge in [-0.25, -0.2) is 4.79 Å². The summed E-state index contributed by atoms with van der Waals surface area (Å²) >= 11 is 0.